The Hall–Kier alpha value is -1.95. The minimum atomic E-state index is -0.249. The third-order valence-electron chi connectivity index (χ3n) is 5.00. The molecule has 0 bridgehead atoms. The van der Waals surface area contributed by atoms with Gasteiger partial charge in [0.15, 0.2) is 0 Å². The van der Waals surface area contributed by atoms with E-state index >= 15 is 0 Å². The summed E-state index contributed by atoms with van der Waals surface area (Å²) in [5.74, 6) is 0.0672. The Morgan fingerprint density at radius 2 is 1.79 bits per heavy atom. The first-order chi connectivity index (χ1) is 13.2. The van der Waals surface area contributed by atoms with Crippen molar-refractivity contribution < 1.29 is 13.9 Å². The molecule has 6 heteroatoms. The second-order valence-corrected chi connectivity index (χ2v) is 7.02. The summed E-state index contributed by atoms with van der Waals surface area (Å²) in [7, 11) is 0. The van der Waals surface area contributed by atoms with Crippen LogP contribution in [-0.2, 0) is 16.1 Å². The summed E-state index contributed by atoms with van der Waals surface area (Å²) >= 11 is 0. The van der Waals surface area contributed by atoms with Crippen LogP contribution in [0, 0.1) is 11.7 Å². The largest absolute Gasteiger partial charge is 0.376 e. The topological polar surface area (TPSA) is 50.4 Å². The number of rotatable bonds is 8. The van der Waals surface area contributed by atoms with E-state index in [-0.39, 0.29) is 36.0 Å². The number of ether oxygens (including phenoxy) is 1. The maximum atomic E-state index is 13.0. The Morgan fingerprint density at radius 3 is 2.46 bits per heavy atom. The van der Waals surface area contributed by atoms with Gasteiger partial charge in [0.2, 0.25) is 5.91 Å². The molecule has 152 valence electrons. The second-order valence-electron chi connectivity index (χ2n) is 7.02. The van der Waals surface area contributed by atoms with E-state index in [9.17, 15) is 9.18 Å². The molecular weight excluding hydrogens is 379 g/mol. The molecule has 1 heterocycles. The van der Waals surface area contributed by atoms with Gasteiger partial charge in [0.25, 0.3) is 0 Å². The van der Waals surface area contributed by atoms with Crippen LogP contribution in [0.4, 0.5) is 4.39 Å². The van der Waals surface area contributed by atoms with Gasteiger partial charge in [-0.05, 0) is 49.2 Å². The number of hydrogen-bond donors (Lipinski definition) is 2. The summed E-state index contributed by atoms with van der Waals surface area (Å²) in [5.41, 5.74) is 2.07. The SMILES string of the molecule is Cl.O=C(NCC(COCc1ccc(F)cc1)c1ccccc1)C1CCNCC1. The number of carbonyl (C=O) groups excluding carboxylic acids is 1. The Bertz CT molecular complexity index is 706. The van der Waals surface area contributed by atoms with E-state index in [2.05, 4.69) is 22.8 Å². The highest BCUT2D eigenvalue weighted by molar-refractivity contribution is 5.85. The molecule has 28 heavy (non-hydrogen) atoms. The highest BCUT2D eigenvalue weighted by atomic mass is 35.5. The van der Waals surface area contributed by atoms with Crippen molar-refractivity contribution in [3.63, 3.8) is 0 Å². The van der Waals surface area contributed by atoms with Gasteiger partial charge in [-0.25, -0.2) is 4.39 Å². The average Bonchev–Trinajstić information content (AvgIpc) is 2.73. The molecule has 1 atom stereocenters. The van der Waals surface area contributed by atoms with Gasteiger partial charge in [0.1, 0.15) is 5.82 Å². The fourth-order valence-corrected chi connectivity index (χ4v) is 3.35. The predicted molar refractivity (Wildman–Crippen MR) is 111 cm³/mol. The van der Waals surface area contributed by atoms with Crippen LogP contribution in [0.25, 0.3) is 0 Å². The molecular formula is C22H28ClFN2O2. The number of amides is 1. The quantitative estimate of drug-likeness (QED) is 0.703. The van der Waals surface area contributed by atoms with E-state index in [0.29, 0.717) is 19.8 Å². The zero-order valence-corrected chi connectivity index (χ0v) is 16.7. The number of halogens is 2. The number of hydrogen-bond acceptors (Lipinski definition) is 3. The molecule has 1 aliphatic heterocycles. The summed E-state index contributed by atoms with van der Waals surface area (Å²) in [6, 6.07) is 16.4. The minimum absolute atomic E-state index is 0. The van der Waals surface area contributed by atoms with Crippen LogP contribution < -0.4 is 10.6 Å². The molecule has 1 amide bonds. The van der Waals surface area contributed by atoms with E-state index in [1.165, 1.54) is 12.1 Å². The lowest BCUT2D eigenvalue weighted by atomic mass is 9.96. The zero-order chi connectivity index (χ0) is 18.9. The van der Waals surface area contributed by atoms with E-state index in [4.69, 9.17) is 4.74 Å². The van der Waals surface area contributed by atoms with Gasteiger partial charge < -0.3 is 15.4 Å². The fraction of sp³-hybridized carbons (Fsp3) is 0.409. The molecule has 2 N–H and O–H groups in total. The van der Waals surface area contributed by atoms with Gasteiger partial charge >= 0.3 is 0 Å². The Labute approximate surface area is 172 Å². The first-order valence-corrected chi connectivity index (χ1v) is 9.58. The molecule has 0 aromatic heterocycles. The molecule has 0 aliphatic carbocycles. The molecule has 1 fully saturated rings. The summed E-state index contributed by atoms with van der Waals surface area (Å²) in [6.07, 6.45) is 1.78. The van der Waals surface area contributed by atoms with Crippen molar-refractivity contribution in [1.29, 1.82) is 0 Å². The Morgan fingerprint density at radius 1 is 1.11 bits per heavy atom. The highest BCUT2D eigenvalue weighted by Gasteiger charge is 2.22. The third-order valence-corrected chi connectivity index (χ3v) is 5.00. The van der Waals surface area contributed by atoms with Gasteiger partial charge in [-0.1, -0.05) is 42.5 Å². The van der Waals surface area contributed by atoms with Gasteiger partial charge in [-0.3, -0.25) is 4.79 Å². The summed E-state index contributed by atoms with van der Waals surface area (Å²) < 4.78 is 18.9. The minimum Gasteiger partial charge on any atom is -0.376 e. The van der Waals surface area contributed by atoms with Crippen molar-refractivity contribution >= 4 is 18.3 Å². The molecule has 4 nitrogen and oxygen atoms in total. The van der Waals surface area contributed by atoms with Crippen molar-refractivity contribution in [2.24, 2.45) is 5.92 Å². The van der Waals surface area contributed by atoms with Crippen LogP contribution in [0.15, 0.2) is 54.6 Å². The normalized spacial score (nSPS) is 15.5. The lowest BCUT2D eigenvalue weighted by molar-refractivity contribution is -0.125. The molecule has 0 radical (unpaired) electrons. The first-order valence-electron chi connectivity index (χ1n) is 9.58. The lowest BCUT2D eigenvalue weighted by Gasteiger charge is -2.24. The van der Waals surface area contributed by atoms with Crippen LogP contribution in [0.1, 0.15) is 29.9 Å². The van der Waals surface area contributed by atoms with Crippen LogP contribution in [0.5, 0.6) is 0 Å². The van der Waals surface area contributed by atoms with Crippen molar-refractivity contribution in [1.82, 2.24) is 10.6 Å². The smallest absolute Gasteiger partial charge is 0.223 e. The fourth-order valence-electron chi connectivity index (χ4n) is 3.35. The van der Waals surface area contributed by atoms with Gasteiger partial charge in [-0.15, -0.1) is 12.4 Å². The maximum absolute atomic E-state index is 13.0. The van der Waals surface area contributed by atoms with Crippen LogP contribution in [0.2, 0.25) is 0 Å². The van der Waals surface area contributed by atoms with E-state index in [1.807, 2.05) is 18.2 Å². The van der Waals surface area contributed by atoms with Gasteiger partial charge in [0, 0.05) is 18.4 Å². The average molecular weight is 407 g/mol. The molecule has 2 aromatic carbocycles. The van der Waals surface area contributed by atoms with Crippen LogP contribution in [0.3, 0.4) is 0 Å². The van der Waals surface area contributed by atoms with E-state index < -0.39 is 0 Å². The summed E-state index contributed by atoms with van der Waals surface area (Å²) in [5, 5.41) is 6.39. The monoisotopic (exact) mass is 406 g/mol. The Kier molecular flexibility index (Phi) is 9.41. The molecule has 1 aliphatic rings. The van der Waals surface area contributed by atoms with Crippen molar-refractivity contribution in [2.45, 2.75) is 25.4 Å². The number of benzene rings is 2. The van der Waals surface area contributed by atoms with Crippen molar-refractivity contribution in [2.75, 3.05) is 26.2 Å². The van der Waals surface area contributed by atoms with E-state index in [1.54, 1.807) is 12.1 Å². The molecule has 1 unspecified atom stereocenters. The molecule has 1 saturated heterocycles. The summed E-state index contributed by atoms with van der Waals surface area (Å²) in [4.78, 5) is 12.4. The zero-order valence-electron chi connectivity index (χ0n) is 15.9. The molecule has 0 saturated carbocycles. The van der Waals surface area contributed by atoms with Gasteiger partial charge in [0.05, 0.1) is 13.2 Å². The number of piperidine rings is 1. The molecule has 0 spiro atoms. The Balaban J connectivity index is 0.00000280. The predicted octanol–water partition coefficient (Wildman–Crippen LogP) is 3.66. The first kappa shape index (κ1) is 22.3. The maximum Gasteiger partial charge on any atom is 0.223 e. The standard InChI is InChI=1S/C22H27FN2O2.ClH/c23-21-8-6-17(7-9-21)15-27-16-20(18-4-2-1-3-5-18)14-25-22(26)19-10-12-24-13-11-19;/h1-9,19-20,24H,10-16H2,(H,25,26);1H. The van der Waals surface area contributed by atoms with Crippen LogP contribution >= 0.6 is 12.4 Å². The third kappa shape index (κ3) is 6.89. The highest BCUT2D eigenvalue weighted by Crippen LogP contribution is 2.18. The van der Waals surface area contributed by atoms with Gasteiger partial charge in [-0.2, -0.15) is 0 Å². The van der Waals surface area contributed by atoms with Crippen LogP contribution in [-0.4, -0.2) is 32.1 Å². The number of nitrogens with one attached hydrogen (secondary N) is 2. The number of carbonyl (C=O) groups is 1. The lowest BCUT2D eigenvalue weighted by Crippen LogP contribution is -2.40. The summed E-state index contributed by atoms with van der Waals surface area (Å²) in [6.45, 7) is 3.28. The van der Waals surface area contributed by atoms with Crippen molar-refractivity contribution in [3.05, 3.63) is 71.5 Å². The molecule has 2 aromatic rings. The molecule has 3 rings (SSSR count). The van der Waals surface area contributed by atoms with E-state index in [0.717, 1.165) is 37.1 Å². The second kappa shape index (κ2) is 11.8. The van der Waals surface area contributed by atoms with Crippen molar-refractivity contribution in [3.8, 4) is 0 Å².